The Morgan fingerprint density at radius 2 is 2.00 bits per heavy atom. The number of Topliss-reactive ketones (excluding diaryl/α,β-unsaturated/α-hetero) is 1. The Kier molecular flexibility index (Phi) is 6.54. The lowest BCUT2D eigenvalue weighted by atomic mass is 10.1. The van der Waals surface area contributed by atoms with Gasteiger partial charge in [-0.25, -0.2) is 4.79 Å². The minimum absolute atomic E-state index is 0.0118. The molecule has 98 valence electrons. The molecule has 0 aromatic heterocycles. The van der Waals surface area contributed by atoms with E-state index in [2.05, 4.69) is 11.9 Å². The molecule has 0 saturated carbocycles. The molecule has 0 aromatic rings. The van der Waals surface area contributed by atoms with Gasteiger partial charge >= 0.3 is 6.09 Å². The van der Waals surface area contributed by atoms with Crippen molar-refractivity contribution in [2.75, 3.05) is 0 Å². The Morgan fingerprint density at radius 1 is 1.41 bits per heavy atom. The number of nitrogens with one attached hydrogen (secondary N) is 1. The number of carbonyl (C=O) groups is 2. The monoisotopic (exact) mass is 241 g/mol. The fourth-order valence-corrected chi connectivity index (χ4v) is 1.29. The van der Waals surface area contributed by atoms with Crippen LogP contribution in [-0.2, 0) is 9.53 Å². The van der Waals surface area contributed by atoms with Crippen molar-refractivity contribution in [2.45, 2.75) is 58.6 Å². The Hall–Kier alpha value is -1.32. The molecule has 0 bridgehead atoms. The van der Waals surface area contributed by atoms with Gasteiger partial charge < -0.3 is 10.1 Å². The van der Waals surface area contributed by atoms with Gasteiger partial charge in [-0.05, 0) is 33.6 Å². The van der Waals surface area contributed by atoms with Crippen molar-refractivity contribution in [2.24, 2.45) is 0 Å². The first-order chi connectivity index (χ1) is 7.80. The van der Waals surface area contributed by atoms with Crippen LogP contribution in [0.1, 0.15) is 47.0 Å². The quantitative estimate of drug-likeness (QED) is 0.727. The Bertz CT molecular complexity index is 279. The van der Waals surface area contributed by atoms with E-state index < -0.39 is 17.7 Å². The molecule has 1 amide bonds. The Morgan fingerprint density at radius 3 is 2.41 bits per heavy atom. The van der Waals surface area contributed by atoms with Crippen LogP contribution in [0.25, 0.3) is 0 Å². The first kappa shape index (κ1) is 15.7. The highest BCUT2D eigenvalue weighted by Gasteiger charge is 2.22. The van der Waals surface area contributed by atoms with Gasteiger partial charge in [0.15, 0.2) is 5.78 Å². The molecular weight excluding hydrogens is 218 g/mol. The predicted octanol–water partition coefficient (Wildman–Crippen LogP) is 2.83. The highest BCUT2D eigenvalue weighted by atomic mass is 16.6. The number of amides is 1. The third-order valence-corrected chi connectivity index (χ3v) is 2.09. The summed E-state index contributed by atoms with van der Waals surface area (Å²) in [6, 6.07) is -0.479. The zero-order chi connectivity index (χ0) is 13.5. The van der Waals surface area contributed by atoms with Crippen LogP contribution in [0.2, 0.25) is 0 Å². The van der Waals surface area contributed by atoms with Crippen LogP contribution in [0.3, 0.4) is 0 Å². The molecule has 4 nitrogen and oxygen atoms in total. The minimum Gasteiger partial charge on any atom is -0.444 e. The third-order valence-electron chi connectivity index (χ3n) is 2.09. The van der Waals surface area contributed by atoms with E-state index in [1.54, 1.807) is 33.8 Å². The zero-order valence-electron chi connectivity index (χ0n) is 11.2. The van der Waals surface area contributed by atoms with E-state index in [1.807, 2.05) is 0 Å². The van der Waals surface area contributed by atoms with E-state index in [0.29, 0.717) is 19.3 Å². The second-order valence-electron chi connectivity index (χ2n) is 4.88. The van der Waals surface area contributed by atoms with Crippen LogP contribution in [0.4, 0.5) is 4.79 Å². The van der Waals surface area contributed by atoms with Crippen LogP contribution in [0.5, 0.6) is 0 Å². The molecule has 0 heterocycles. The topological polar surface area (TPSA) is 55.4 Å². The van der Waals surface area contributed by atoms with Gasteiger partial charge in [0.25, 0.3) is 0 Å². The number of carbonyl (C=O) groups excluding carboxylic acids is 2. The van der Waals surface area contributed by atoms with Crippen molar-refractivity contribution in [3.05, 3.63) is 12.7 Å². The standard InChI is InChI=1S/C13H23NO3/c1-6-8-9-10(11(15)7-2)14-12(16)17-13(3,4)5/h6,10H,1,7-9H2,2-5H3,(H,14,16)/t10-/m0/s1. The lowest BCUT2D eigenvalue weighted by Crippen LogP contribution is -2.43. The molecule has 0 unspecified atom stereocenters. The average molecular weight is 241 g/mol. The summed E-state index contributed by atoms with van der Waals surface area (Å²) in [5.41, 5.74) is -0.553. The molecular formula is C13H23NO3. The summed E-state index contributed by atoms with van der Waals surface area (Å²) in [4.78, 5) is 23.2. The summed E-state index contributed by atoms with van der Waals surface area (Å²) in [5.74, 6) is 0.0118. The van der Waals surface area contributed by atoms with Crippen LogP contribution in [0, 0.1) is 0 Å². The fraction of sp³-hybridized carbons (Fsp3) is 0.692. The molecule has 1 atom stereocenters. The average Bonchev–Trinajstić information content (AvgIpc) is 2.20. The van der Waals surface area contributed by atoms with Crippen molar-refractivity contribution in [3.63, 3.8) is 0 Å². The van der Waals surface area contributed by atoms with Gasteiger partial charge in [0.1, 0.15) is 5.60 Å². The maximum atomic E-state index is 11.6. The minimum atomic E-state index is -0.553. The van der Waals surface area contributed by atoms with Crippen LogP contribution >= 0.6 is 0 Å². The lowest BCUT2D eigenvalue weighted by Gasteiger charge is -2.22. The second kappa shape index (κ2) is 7.09. The highest BCUT2D eigenvalue weighted by molar-refractivity contribution is 5.87. The molecule has 0 rings (SSSR count). The van der Waals surface area contributed by atoms with Gasteiger partial charge in [-0.15, -0.1) is 6.58 Å². The molecule has 0 saturated heterocycles. The van der Waals surface area contributed by atoms with Crippen molar-refractivity contribution >= 4 is 11.9 Å². The fourth-order valence-electron chi connectivity index (χ4n) is 1.29. The number of ether oxygens (including phenoxy) is 1. The molecule has 1 N–H and O–H groups in total. The molecule has 0 aromatic carbocycles. The van der Waals surface area contributed by atoms with Crippen molar-refractivity contribution < 1.29 is 14.3 Å². The maximum Gasteiger partial charge on any atom is 0.408 e. The number of hydrogen-bond donors (Lipinski definition) is 1. The van der Waals surface area contributed by atoms with E-state index in [0.717, 1.165) is 0 Å². The van der Waals surface area contributed by atoms with E-state index in [-0.39, 0.29) is 5.78 Å². The van der Waals surface area contributed by atoms with Gasteiger partial charge in [0.05, 0.1) is 6.04 Å². The van der Waals surface area contributed by atoms with Crippen molar-refractivity contribution in [3.8, 4) is 0 Å². The number of rotatable bonds is 6. The molecule has 0 fully saturated rings. The number of allylic oxidation sites excluding steroid dienone is 1. The Labute approximate surface area is 103 Å². The first-order valence-electron chi connectivity index (χ1n) is 5.93. The number of alkyl carbamates (subject to hydrolysis) is 1. The van der Waals surface area contributed by atoms with E-state index in [1.165, 1.54) is 0 Å². The van der Waals surface area contributed by atoms with Gasteiger partial charge in [0, 0.05) is 6.42 Å². The normalized spacial score (nSPS) is 12.7. The summed E-state index contributed by atoms with van der Waals surface area (Å²) in [6.07, 6.45) is 2.83. The van der Waals surface area contributed by atoms with Crippen LogP contribution in [-0.4, -0.2) is 23.5 Å². The lowest BCUT2D eigenvalue weighted by molar-refractivity contribution is -0.120. The summed E-state index contributed by atoms with van der Waals surface area (Å²) < 4.78 is 5.11. The summed E-state index contributed by atoms with van der Waals surface area (Å²) in [7, 11) is 0. The summed E-state index contributed by atoms with van der Waals surface area (Å²) >= 11 is 0. The third kappa shape index (κ3) is 7.55. The van der Waals surface area contributed by atoms with Crippen LogP contribution in [0.15, 0.2) is 12.7 Å². The molecule has 0 spiro atoms. The molecule has 0 aliphatic carbocycles. The highest BCUT2D eigenvalue weighted by Crippen LogP contribution is 2.08. The van der Waals surface area contributed by atoms with Crippen LogP contribution < -0.4 is 5.32 Å². The molecule has 17 heavy (non-hydrogen) atoms. The SMILES string of the molecule is C=CCC[C@H](NC(=O)OC(C)(C)C)C(=O)CC. The predicted molar refractivity (Wildman–Crippen MR) is 67.9 cm³/mol. The molecule has 0 aliphatic heterocycles. The molecule has 0 radical (unpaired) electrons. The van der Waals surface area contributed by atoms with Gasteiger partial charge in [-0.1, -0.05) is 13.0 Å². The zero-order valence-corrected chi connectivity index (χ0v) is 11.2. The molecule has 0 aliphatic rings. The number of hydrogen-bond acceptors (Lipinski definition) is 3. The first-order valence-corrected chi connectivity index (χ1v) is 5.93. The largest absolute Gasteiger partial charge is 0.444 e. The maximum absolute atomic E-state index is 11.6. The van der Waals surface area contributed by atoms with Crippen molar-refractivity contribution in [1.29, 1.82) is 0 Å². The van der Waals surface area contributed by atoms with E-state index in [9.17, 15) is 9.59 Å². The van der Waals surface area contributed by atoms with Crippen molar-refractivity contribution in [1.82, 2.24) is 5.32 Å². The van der Waals surface area contributed by atoms with Gasteiger partial charge in [-0.3, -0.25) is 4.79 Å². The Balaban J connectivity index is 4.37. The number of ketones is 1. The summed E-state index contributed by atoms with van der Waals surface area (Å²) in [5, 5.41) is 2.60. The van der Waals surface area contributed by atoms with Gasteiger partial charge in [-0.2, -0.15) is 0 Å². The smallest absolute Gasteiger partial charge is 0.408 e. The van der Waals surface area contributed by atoms with E-state index in [4.69, 9.17) is 4.74 Å². The summed E-state index contributed by atoms with van der Waals surface area (Å²) in [6.45, 7) is 10.7. The second-order valence-corrected chi connectivity index (χ2v) is 4.88. The van der Waals surface area contributed by atoms with Gasteiger partial charge in [0.2, 0.25) is 0 Å². The molecule has 4 heteroatoms. The van der Waals surface area contributed by atoms with E-state index >= 15 is 0 Å².